The fourth-order valence-electron chi connectivity index (χ4n) is 4.02. The summed E-state index contributed by atoms with van der Waals surface area (Å²) in [6.45, 7) is 4.05. The fraction of sp³-hybridized carbons (Fsp3) is 0.588. The van der Waals surface area contributed by atoms with Gasteiger partial charge in [-0.1, -0.05) is 6.07 Å². The monoisotopic (exact) mass is 351 g/mol. The molecule has 130 valence electrons. The topological polar surface area (TPSA) is 81.7 Å². The van der Waals surface area contributed by atoms with Gasteiger partial charge in [0.1, 0.15) is 0 Å². The Morgan fingerprint density at radius 3 is 2.54 bits per heavy atom. The minimum atomic E-state index is -0.862. The lowest BCUT2D eigenvalue weighted by Gasteiger charge is -2.24. The maximum atomic E-state index is 12.5. The fourth-order valence-corrected chi connectivity index (χ4v) is 4.64. The van der Waals surface area contributed by atoms with E-state index in [1.165, 1.54) is 11.3 Å². The van der Waals surface area contributed by atoms with Crippen molar-refractivity contribution in [3.63, 3.8) is 0 Å². The van der Waals surface area contributed by atoms with Crippen LogP contribution in [-0.4, -0.2) is 36.6 Å². The quantitative estimate of drug-likeness (QED) is 0.793. The lowest BCUT2D eigenvalue weighted by molar-refractivity contribution is -0.150. The van der Waals surface area contributed by atoms with Crippen molar-refractivity contribution in [1.29, 1.82) is 0 Å². The van der Waals surface area contributed by atoms with E-state index in [1.54, 1.807) is 26.0 Å². The Morgan fingerprint density at radius 2 is 1.92 bits per heavy atom. The zero-order valence-electron chi connectivity index (χ0n) is 13.7. The first kappa shape index (κ1) is 17.0. The predicted molar refractivity (Wildman–Crippen MR) is 87.5 cm³/mol. The minimum absolute atomic E-state index is 0.0603. The Bertz CT molecular complexity index is 643. The van der Waals surface area contributed by atoms with E-state index in [2.05, 4.69) is 5.32 Å². The van der Waals surface area contributed by atoms with Crippen LogP contribution in [0.4, 0.5) is 0 Å². The van der Waals surface area contributed by atoms with E-state index in [0.717, 1.165) is 0 Å². The van der Waals surface area contributed by atoms with Gasteiger partial charge in [0.05, 0.1) is 35.5 Å². The number of hydrogen-bond donors (Lipinski definition) is 1. The first-order valence-electron chi connectivity index (χ1n) is 8.25. The van der Waals surface area contributed by atoms with Crippen LogP contribution in [0.1, 0.15) is 36.4 Å². The van der Waals surface area contributed by atoms with Crippen molar-refractivity contribution in [2.75, 3.05) is 13.2 Å². The molecule has 1 amide bonds. The van der Waals surface area contributed by atoms with Crippen LogP contribution in [0, 0.1) is 17.8 Å². The van der Waals surface area contributed by atoms with Gasteiger partial charge in [0.25, 0.3) is 5.91 Å². The number of hydrogen-bond acceptors (Lipinski definition) is 6. The summed E-state index contributed by atoms with van der Waals surface area (Å²) in [6.07, 6.45) is 1.32. The molecule has 6 nitrogen and oxygen atoms in total. The van der Waals surface area contributed by atoms with Gasteiger partial charge in [0, 0.05) is 0 Å². The van der Waals surface area contributed by atoms with Crippen molar-refractivity contribution in [1.82, 2.24) is 5.32 Å². The highest BCUT2D eigenvalue weighted by molar-refractivity contribution is 7.12. The molecule has 2 fully saturated rings. The van der Waals surface area contributed by atoms with E-state index in [9.17, 15) is 14.4 Å². The van der Waals surface area contributed by atoms with E-state index in [4.69, 9.17) is 9.47 Å². The van der Waals surface area contributed by atoms with E-state index in [0.29, 0.717) is 17.7 Å². The highest BCUT2D eigenvalue weighted by Crippen LogP contribution is 2.64. The average Bonchev–Trinajstić information content (AvgIpc) is 2.93. The number of ether oxygens (including phenoxy) is 2. The summed E-state index contributed by atoms with van der Waals surface area (Å²) in [5, 5.41) is 4.80. The number of thiophene rings is 1. The second-order valence-electron chi connectivity index (χ2n) is 6.08. The van der Waals surface area contributed by atoms with Gasteiger partial charge in [0.2, 0.25) is 0 Å². The molecule has 2 aliphatic carbocycles. The molecule has 0 aliphatic heterocycles. The molecule has 2 saturated carbocycles. The number of carbonyl (C=O) groups is 3. The van der Waals surface area contributed by atoms with Gasteiger partial charge in [-0.2, -0.15) is 0 Å². The molecule has 0 bridgehead atoms. The number of nitrogens with one attached hydrogen (secondary N) is 1. The van der Waals surface area contributed by atoms with Crippen LogP contribution in [0.3, 0.4) is 0 Å². The van der Waals surface area contributed by atoms with Crippen molar-refractivity contribution in [3.05, 3.63) is 22.4 Å². The predicted octanol–water partition coefficient (Wildman–Crippen LogP) is 2.00. The Kier molecular flexibility index (Phi) is 4.62. The van der Waals surface area contributed by atoms with Crippen LogP contribution >= 0.6 is 11.3 Å². The van der Waals surface area contributed by atoms with Crippen LogP contribution in [0.15, 0.2) is 17.5 Å². The molecule has 1 heterocycles. The second kappa shape index (κ2) is 6.55. The lowest BCUT2D eigenvalue weighted by Crippen LogP contribution is -2.48. The number of fused-ring (bicyclic) bond motifs is 1. The molecule has 24 heavy (non-hydrogen) atoms. The van der Waals surface area contributed by atoms with Crippen molar-refractivity contribution >= 4 is 29.2 Å². The lowest BCUT2D eigenvalue weighted by atomic mass is 9.94. The third-order valence-corrected chi connectivity index (χ3v) is 5.82. The molecule has 4 atom stereocenters. The molecular formula is C17H21NO5S. The summed E-state index contributed by atoms with van der Waals surface area (Å²) in [6, 6.07) is 3.52. The third kappa shape index (κ3) is 2.60. The van der Waals surface area contributed by atoms with Crippen LogP contribution in [-0.2, 0) is 19.1 Å². The molecule has 7 heteroatoms. The number of carbonyl (C=O) groups excluding carboxylic acids is 3. The molecule has 1 aromatic rings. The second-order valence-corrected chi connectivity index (χ2v) is 7.03. The smallest absolute Gasteiger partial charge is 0.311 e. The Morgan fingerprint density at radius 1 is 1.21 bits per heavy atom. The highest BCUT2D eigenvalue weighted by atomic mass is 32.1. The van der Waals surface area contributed by atoms with Gasteiger partial charge in [0.15, 0.2) is 0 Å². The molecule has 4 unspecified atom stereocenters. The van der Waals surface area contributed by atoms with Gasteiger partial charge in [-0.05, 0) is 44.1 Å². The molecule has 0 saturated heterocycles. The summed E-state index contributed by atoms with van der Waals surface area (Å²) in [5.74, 6) is -1.97. The van der Waals surface area contributed by atoms with Gasteiger partial charge in [-0.25, -0.2) is 0 Å². The molecule has 0 aromatic carbocycles. The van der Waals surface area contributed by atoms with Crippen LogP contribution in [0.25, 0.3) is 0 Å². The molecule has 0 spiro atoms. The van der Waals surface area contributed by atoms with E-state index in [-0.39, 0.29) is 37.0 Å². The summed E-state index contributed by atoms with van der Waals surface area (Å²) < 4.78 is 10.3. The zero-order valence-corrected chi connectivity index (χ0v) is 14.6. The Balaban J connectivity index is 1.85. The molecular weight excluding hydrogens is 330 g/mol. The van der Waals surface area contributed by atoms with Crippen molar-refractivity contribution in [2.24, 2.45) is 17.8 Å². The summed E-state index contributed by atoms with van der Waals surface area (Å²) in [4.78, 5) is 37.8. The first-order valence-corrected chi connectivity index (χ1v) is 9.13. The van der Waals surface area contributed by atoms with Crippen LogP contribution < -0.4 is 5.32 Å². The average molecular weight is 351 g/mol. The number of amides is 1. The zero-order chi connectivity index (χ0) is 17.3. The van der Waals surface area contributed by atoms with Crippen LogP contribution in [0.2, 0.25) is 0 Å². The SMILES string of the molecule is CCOC(=O)C1CCC2C(C(=O)OCC)C12NC(=O)c1cccs1. The maximum absolute atomic E-state index is 12.5. The van der Waals surface area contributed by atoms with E-state index >= 15 is 0 Å². The molecule has 1 N–H and O–H groups in total. The molecule has 3 rings (SSSR count). The summed E-state index contributed by atoms with van der Waals surface area (Å²) >= 11 is 1.33. The van der Waals surface area contributed by atoms with E-state index in [1.807, 2.05) is 5.38 Å². The normalized spacial score (nSPS) is 30.3. The molecule has 0 radical (unpaired) electrons. The largest absolute Gasteiger partial charge is 0.466 e. The van der Waals surface area contributed by atoms with Crippen molar-refractivity contribution in [3.8, 4) is 0 Å². The maximum Gasteiger partial charge on any atom is 0.311 e. The Hall–Kier alpha value is -1.89. The van der Waals surface area contributed by atoms with Crippen molar-refractivity contribution < 1.29 is 23.9 Å². The highest BCUT2D eigenvalue weighted by Gasteiger charge is 2.77. The first-order chi connectivity index (χ1) is 11.6. The van der Waals surface area contributed by atoms with Crippen molar-refractivity contribution in [2.45, 2.75) is 32.2 Å². The Labute approximate surface area is 144 Å². The number of rotatable bonds is 6. The minimum Gasteiger partial charge on any atom is -0.466 e. The number of esters is 2. The van der Waals surface area contributed by atoms with Gasteiger partial charge < -0.3 is 14.8 Å². The third-order valence-electron chi connectivity index (χ3n) is 4.95. The van der Waals surface area contributed by atoms with Crippen LogP contribution in [0.5, 0.6) is 0 Å². The molecule has 2 aliphatic rings. The standard InChI is InChI=1S/C17H21NO5S/c1-3-22-15(20)11-8-7-10-13(16(21)23-4-2)17(10,11)18-14(19)12-6-5-9-24-12/h5-6,9-11,13H,3-4,7-8H2,1-2H3,(H,18,19). The van der Waals surface area contributed by atoms with E-state index < -0.39 is 17.4 Å². The van der Waals surface area contributed by atoms with Gasteiger partial charge in [-0.15, -0.1) is 11.3 Å². The van der Waals surface area contributed by atoms with Gasteiger partial charge in [-0.3, -0.25) is 14.4 Å². The summed E-state index contributed by atoms with van der Waals surface area (Å²) in [5.41, 5.74) is -0.862. The summed E-state index contributed by atoms with van der Waals surface area (Å²) in [7, 11) is 0. The van der Waals surface area contributed by atoms with Gasteiger partial charge >= 0.3 is 11.9 Å². The molecule has 1 aromatic heterocycles.